The maximum absolute atomic E-state index is 14.0. The summed E-state index contributed by atoms with van der Waals surface area (Å²) in [5, 5.41) is 5.81. The van der Waals surface area contributed by atoms with Gasteiger partial charge in [-0.25, -0.2) is 14.4 Å². The van der Waals surface area contributed by atoms with Gasteiger partial charge < -0.3 is 4.90 Å². The van der Waals surface area contributed by atoms with Crippen LogP contribution in [0.2, 0.25) is 0 Å². The van der Waals surface area contributed by atoms with Gasteiger partial charge in [0.25, 0.3) is 0 Å². The monoisotopic (exact) mass is 468 g/mol. The van der Waals surface area contributed by atoms with Crippen LogP contribution in [0.25, 0.3) is 22.6 Å². The summed E-state index contributed by atoms with van der Waals surface area (Å²) in [7, 11) is 4.03. The van der Waals surface area contributed by atoms with Crippen molar-refractivity contribution >= 4 is 40.0 Å². The molecule has 4 rings (SSSR count). The number of rotatable bonds is 5. The molecular weight excluding hydrogens is 439 g/mol. The van der Waals surface area contributed by atoms with E-state index in [2.05, 4.69) is 52.3 Å². The van der Waals surface area contributed by atoms with Crippen LogP contribution < -0.4 is 4.90 Å². The van der Waals surface area contributed by atoms with Gasteiger partial charge >= 0.3 is 0 Å². The Bertz CT molecular complexity index is 1220. The minimum absolute atomic E-state index is 0.320. The molecule has 2 unspecified atom stereocenters. The highest BCUT2D eigenvalue weighted by Gasteiger charge is 2.29. The number of fused-ring (bicyclic) bond motifs is 1. The fraction of sp³-hybridized carbons (Fsp3) is 0.400. The van der Waals surface area contributed by atoms with Crippen LogP contribution in [-0.4, -0.2) is 56.9 Å². The minimum Gasteiger partial charge on any atom is -0.353 e. The summed E-state index contributed by atoms with van der Waals surface area (Å²) in [6.45, 7) is 11.5. The smallest absolute Gasteiger partial charge is 0.139 e. The van der Waals surface area contributed by atoms with Gasteiger partial charge in [-0.15, -0.1) is 0 Å². The third-order valence-electron chi connectivity index (χ3n) is 6.70. The van der Waals surface area contributed by atoms with Crippen molar-refractivity contribution in [2.24, 2.45) is 7.05 Å². The minimum atomic E-state index is -0.701. The molecule has 1 aromatic carbocycles. The van der Waals surface area contributed by atoms with Gasteiger partial charge in [0.15, 0.2) is 0 Å². The number of anilines is 1. The summed E-state index contributed by atoms with van der Waals surface area (Å²) in [6.07, 6.45) is 5.01. The fourth-order valence-electron chi connectivity index (χ4n) is 4.59. The van der Waals surface area contributed by atoms with E-state index in [4.69, 9.17) is 11.6 Å². The van der Waals surface area contributed by atoms with Gasteiger partial charge in [-0.05, 0) is 45.0 Å². The number of hydrogen-bond donors (Lipinski definition) is 0. The molecule has 8 heteroatoms. The predicted octanol–water partition coefficient (Wildman–Crippen LogP) is 4.96. The molecule has 1 aliphatic heterocycles. The SMILES string of the molecule is C=C(/C(Cl)=C\c1c(CF)ncnc1N1CC(C)N(C)C(C)C1)c1c(C)ccc2cnn(C)c12. The molecule has 1 saturated heterocycles. The number of alkyl halides is 1. The molecule has 0 bridgehead atoms. The van der Waals surface area contributed by atoms with Gasteiger partial charge in [-0.1, -0.05) is 30.3 Å². The molecule has 0 amide bonds. The molecule has 6 nitrogen and oxygen atoms in total. The first kappa shape index (κ1) is 23.4. The Morgan fingerprint density at radius 2 is 1.91 bits per heavy atom. The van der Waals surface area contributed by atoms with Crippen LogP contribution in [0.4, 0.5) is 10.2 Å². The molecule has 33 heavy (non-hydrogen) atoms. The van der Waals surface area contributed by atoms with E-state index in [1.165, 1.54) is 6.33 Å². The lowest BCUT2D eigenvalue weighted by Gasteiger charge is -2.43. The molecule has 174 valence electrons. The number of likely N-dealkylation sites (N-methyl/N-ethyl adjacent to an activating group) is 1. The number of halogens is 2. The molecule has 3 aromatic rings. The molecule has 0 N–H and O–H groups in total. The average Bonchev–Trinajstić information content (AvgIpc) is 3.17. The molecule has 3 heterocycles. The predicted molar refractivity (Wildman–Crippen MR) is 134 cm³/mol. The van der Waals surface area contributed by atoms with Crippen molar-refractivity contribution in [2.45, 2.75) is 39.5 Å². The average molecular weight is 469 g/mol. The van der Waals surface area contributed by atoms with E-state index in [-0.39, 0.29) is 0 Å². The molecule has 0 radical (unpaired) electrons. The number of aryl methyl sites for hydroxylation is 2. The molecule has 2 atom stereocenters. The van der Waals surface area contributed by atoms with Crippen molar-refractivity contribution in [1.82, 2.24) is 24.6 Å². The van der Waals surface area contributed by atoms with Crippen molar-refractivity contribution in [3.05, 3.63) is 58.7 Å². The van der Waals surface area contributed by atoms with E-state index >= 15 is 0 Å². The second-order valence-corrected chi connectivity index (χ2v) is 9.30. The second kappa shape index (κ2) is 9.23. The Hall–Kier alpha value is -2.77. The molecule has 2 aromatic heterocycles. The maximum atomic E-state index is 14.0. The van der Waals surface area contributed by atoms with Crippen LogP contribution in [0.1, 0.15) is 36.2 Å². The normalized spacial score (nSPS) is 20.0. The van der Waals surface area contributed by atoms with Crippen molar-refractivity contribution in [3.8, 4) is 0 Å². The van der Waals surface area contributed by atoms with E-state index in [0.29, 0.717) is 39.8 Å². The summed E-state index contributed by atoms with van der Waals surface area (Å²) in [4.78, 5) is 13.3. The number of aromatic nitrogens is 4. The van der Waals surface area contributed by atoms with Gasteiger partial charge in [0, 0.05) is 53.8 Å². The van der Waals surface area contributed by atoms with Crippen LogP contribution in [0.5, 0.6) is 0 Å². The topological polar surface area (TPSA) is 50.1 Å². The summed E-state index contributed by atoms with van der Waals surface area (Å²) in [5.74, 6) is 0.700. The Kier molecular flexibility index (Phi) is 6.54. The summed E-state index contributed by atoms with van der Waals surface area (Å²) in [6, 6.07) is 4.74. The van der Waals surface area contributed by atoms with Crippen molar-refractivity contribution in [3.63, 3.8) is 0 Å². The highest BCUT2D eigenvalue weighted by Crippen LogP contribution is 2.36. The number of benzene rings is 1. The first-order chi connectivity index (χ1) is 15.7. The zero-order valence-electron chi connectivity index (χ0n) is 19.8. The quantitative estimate of drug-likeness (QED) is 0.495. The lowest BCUT2D eigenvalue weighted by atomic mass is 9.97. The zero-order chi connectivity index (χ0) is 23.9. The van der Waals surface area contributed by atoms with Gasteiger partial charge in [0.1, 0.15) is 18.8 Å². The molecule has 1 aliphatic rings. The standard InChI is InChI=1S/C25H30ClFN6/c1-15-7-8-19-11-30-32(6)24(19)23(15)18(4)21(26)9-20-22(10-27)28-14-29-25(20)33-12-16(2)31(5)17(3)13-33/h7-9,11,14,16-17H,4,10,12-13H2,1-3,5-6H3/b21-9+. The Balaban J connectivity index is 1.79. The second-order valence-electron chi connectivity index (χ2n) is 8.89. The summed E-state index contributed by atoms with van der Waals surface area (Å²) >= 11 is 6.84. The zero-order valence-corrected chi connectivity index (χ0v) is 20.6. The molecule has 0 saturated carbocycles. The third kappa shape index (κ3) is 4.27. The lowest BCUT2D eigenvalue weighted by Crippen LogP contribution is -2.55. The van der Waals surface area contributed by atoms with Crippen LogP contribution in [0.3, 0.4) is 0 Å². The van der Waals surface area contributed by atoms with E-state index < -0.39 is 6.67 Å². The number of nitrogens with zero attached hydrogens (tertiary/aromatic N) is 6. The largest absolute Gasteiger partial charge is 0.353 e. The van der Waals surface area contributed by atoms with Crippen molar-refractivity contribution in [1.29, 1.82) is 0 Å². The lowest BCUT2D eigenvalue weighted by molar-refractivity contribution is 0.169. The maximum Gasteiger partial charge on any atom is 0.139 e. The first-order valence-corrected chi connectivity index (χ1v) is 11.5. The molecule has 0 aliphatic carbocycles. The summed E-state index contributed by atoms with van der Waals surface area (Å²) < 4.78 is 15.8. The van der Waals surface area contributed by atoms with Gasteiger partial charge in [-0.2, -0.15) is 5.10 Å². The van der Waals surface area contributed by atoms with Crippen molar-refractivity contribution < 1.29 is 4.39 Å². The Labute approximate surface area is 199 Å². The van der Waals surface area contributed by atoms with Gasteiger partial charge in [-0.3, -0.25) is 9.58 Å². The fourth-order valence-corrected chi connectivity index (χ4v) is 4.79. The van der Waals surface area contributed by atoms with Gasteiger partial charge in [0.2, 0.25) is 0 Å². The Morgan fingerprint density at radius 3 is 2.58 bits per heavy atom. The third-order valence-corrected chi connectivity index (χ3v) is 7.04. The van der Waals surface area contributed by atoms with E-state index in [0.717, 1.165) is 35.1 Å². The highest BCUT2D eigenvalue weighted by molar-refractivity contribution is 6.39. The number of piperazine rings is 1. The van der Waals surface area contributed by atoms with E-state index in [1.807, 2.05) is 37.0 Å². The first-order valence-electron chi connectivity index (χ1n) is 11.1. The van der Waals surface area contributed by atoms with Crippen LogP contribution in [0.15, 0.2) is 36.3 Å². The highest BCUT2D eigenvalue weighted by atomic mass is 35.5. The van der Waals surface area contributed by atoms with Crippen molar-refractivity contribution in [2.75, 3.05) is 25.0 Å². The number of allylic oxidation sites excluding steroid dienone is 2. The van der Waals surface area contributed by atoms with E-state index in [1.54, 1.807) is 6.08 Å². The molecule has 0 spiro atoms. The molecular formula is C25H30ClFN6. The van der Waals surface area contributed by atoms with Gasteiger partial charge in [0.05, 0.1) is 17.4 Å². The van der Waals surface area contributed by atoms with Crippen LogP contribution >= 0.6 is 11.6 Å². The number of hydrogen-bond acceptors (Lipinski definition) is 5. The van der Waals surface area contributed by atoms with Crippen LogP contribution in [0, 0.1) is 6.92 Å². The van der Waals surface area contributed by atoms with E-state index in [9.17, 15) is 4.39 Å². The van der Waals surface area contributed by atoms with Crippen LogP contribution in [-0.2, 0) is 13.7 Å². The molecule has 1 fully saturated rings. The Morgan fingerprint density at radius 1 is 1.21 bits per heavy atom. The summed E-state index contributed by atoms with van der Waals surface area (Å²) in [5.41, 5.74) is 4.51.